The second-order valence-electron chi connectivity index (χ2n) is 6.51. The molecule has 1 atom stereocenters. The second kappa shape index (κ2) is 7.89. The predicted molar refractivity (Wildman–Crippen MR) is 109 cm³/mol. The largest absolute Gasteiger partial charge is 0.503 e. The van der Waals surface area contributed by atoms with Gasteiger partial charge in [0.25, 0.3) is 5.91 Å². The van der Waals surface area contributed by atoms with Gasteiger partial charge in [0.2, 0.25) is 5.78 Å². The number of nitrogens with zero attached hydrogens (tertiary/aromatic N) is 2. The molecular formula is C22H18N2O4S. The van der Waals surface area contributed by atoms with Crippen molar-refractivity contribution in [2.24, 2.45) is 0 Å². The number of amides is 1. The van der Waals surface area contributed by atoms with Gasteiger partial charge in [-0.15, -0.1) is 11.3 Å². The first-order chi connectivity index (χ1) is 14.1. The van der Waals surface area contributed by atoms with Crippen LogP contribution in [-0.2, 0) is 11.3 Å². The van der Waals surface area contributed by atoms with Crippen LogP contribution in [0.1, 0.15) is 27.0 Å². The van der Waals surface area contributed by atoms with E-state index in [1.54, 1.807) is 61.2 Å². The molecule has 0 radical (unpaired) electrons. The van der Waals surface area contributed by atoms with Crippen LogP contribution in [0.3, 0.4) is 0 Å². The Kier molecular flexibility index (Phi) is 5.14. The van der Waals surface area contributed by atoms with Gasteiger partial charge in [-0.2, -0.15) is 0 Å². The molecule has 1 amide bonds. The Bertz CT molecular complexity index is 1060. The lowest BCUT2D eigenvalue weighted by Crippen LogP contribution is -2.31. The number of carbonyl (C=O) groups excluding carboxylic acids is 2. The SMILES string of the molecule is COc1ccc(CN2C(=O)C(O)=C(C(=O)c3cccs3)C2c2ccccn2)cc1. The van der Waals surface area contributed by atoms with Crippen molar-refractivity contribution in [2.75, 3.05) is 7.11 Å². The van der Waals surface area contributed by atoms with Gasteiger partial charge >= 0.3 is 0 Å². The van der Waals surface area contributed by atoms with Gasteiger partial charge in [-0.3, -0.25) is 14.6 Å². The van der Waals surface area contributed by atoms with Crippen LogP contribution in [0.5, 0.6) is 5.75 Å². The summed E-state index contributed by atoms with van der Waals surface area (Å²) in [5.41, 5.74) is 1.43. The Morgan fingerprint density at radius 3 is 2.59 bits per heavy atom. The molecule has 1 aliphatic rings. The zero-order chi connectivity index (χ0) is 20.4. The third-order valence-electron chi connectivity index (χ3n) is 4.77. The van der Waals surface area contributed by atoms with Crippen LogP contribution in [-0.4, -0.2) is 33.8 Å². The third-order valence-corrected chi connectivity index (χ3v) is 5.64. The minimum Gasteiger partial charge on any atom is -0.503 e. The number of Topliss-reactive ketones (excluding diaryl/α,β-unsaturated/α-hetero) is 1. The van der Waals surface area contributed by atoms with E-state index in [4.69, 9.17) is 4.74 Å². The van der Waals surface area contributed by atoms with Gasteiger partial charge in [0.05, 0.1) is 23.3 Å². The molecule has 146 valence electrons. The Morgan fingerprint density at radius 2 is 1.97 bits per heavy atom. The van der Waals surface area contributed by atoms with Crippen molar-refractivity contribution in [2.45, 2.75) is 12.6 Å². The van der Waals surface area contributed by atoms with Crippen LogP contribution in [0, 0.1) is 0 Å². The van der Waals surface area contributed by atoms with Crippen molar-refractivity contribution < 1.29 is 19.4 Å². The topological polar surface area (TPSA) is 79.7 Å². The van der Waals surface area contributed by atoms with Crippen LogP contribution in [0.15, 0.2) is 77.5 Å². The number of methoxy groups -OCH3 is 1. The fourth-order valence-electron chi connectivity index (χ4n) is 3.36. The standard InChI is InChI=1S/C22H18N2O4S/c1-28-15-9-7-14(8-10-15)13-24-19(16-5-2-3-11-23-16)18(21(26)22(24)27)20(25)17-6-4-12-29-17/h2-12,19,26H,13H2,1H3. The molecule has 0 spiro atoms. The molecule has 2 aromatic heterocycles. The minimum atomic E-state index is -0.764. The Morgan fingerprint density at radius 1 is 1.17 bits per heavy atom. The normalized spacial score (nSPS) is 16.4. The van der Waals surface area contributed by atoms with Gasteiger partial charge in [-0.1, -0.05) is 24.3 Å². The van der Waals surface area contributed by atoms with Crippen molar-refractivity contribution in [1.29, 1.82) is 0 Å². The Balaban J connectivity index is 1.74. The number of benzene rings is 1. The number of hydrogen-bond donors (Lipinski definition) is 1. The molecule has 3 aromatic rings. The van der Waals surface area contributed by atoms with Crippen molar-refractivity contribution in [3.63, 3.8) is 0 Å². The molecule has 0 bridgehead atoms. The lowest BCUT2D eigenvalue weighted by Gasteiger charge is -2.26. The van der Waals surface area contributed by atoms with E-state index in [2.05, 4.69) is 4.98 Å². The molecule has 0 fully saturated rings. The first kappa shape index (κ1) is 18.9. The maximum absolute atomic E-state index is 13.1. The number of hydrogen-bond acceptors (Lipinski definition) is 6. The highest BCUT2D eigenvalue weighted by molar-refractivity contribution is 7.12. The molecule has 0 saturated heterocycles. The average molecular weight is 406 g/mol. The van der Waals surface area contributed by atoms with E-state index >= 15 is 0 Å². The quantitative estimate of drug-likeness (QED) is 0.628. The van der Waals surface area contributed by atoms with Gasteiger partial charge in [-0.25, -0.2) is 0 Å². The first-order valence-electron chi connectivity index (χ1n) is 8.96. The highest BCUT2D eigenvalue weighted by Gasteiger charge is 2.44. The first-order valence-corrected chi connectivity index (χ1v) is 9.84. The smallest absolute Gasteiger partial charge is 0.290 e. The summed E-state index contributed by atoms with van der Waals surface area (Å²) in [4.78, 5) is 32.3. The monoisotopic (exact) mass is 406 g/mol. The summed E-state index contributed by atoms with van der Waals surface area (Å²) in [6.45, 7) is 0.218. The van der Waals surface area contributed by atoms with Crippen LogP contribution in [0.4, 0.5) is 0 Å². The van der Waals surface area contributed by atoms with Crippen molar-refractivity contribution >= 4 is 23.0 Å². The van der Waals surface area contributed by atoms with Gasteiger partial charge in [0.1, 0.15) is 11.8 Å². The van der Waals surface area contributed by atoms with Crippen molar-refractivity contribution in [1.82, 2.24) is 9.88 Å². The second-order valence-corrected chi connectivity index (χ2v) is 7.45. The molecule has 6 nitrogen and oxygen atoms in total. The number of aliphatic hydroxyl groups excluding tert-OH is 1. The number of ether oxygens (including phenoxy) is 1. The number of thiophene rings is 1. The summed E-state index contributed by atoms with van der Waals surface area (Å²) in [5, 5.41) is 12.4. The van der Waals surface area contributed by atoms with E-state index in [1.807, 2.05) is 12.1 Å². The molecule has 29 heavy (non-hydrogen) atoms. The summed E-state index contributed by atoms with van der Waals surface area (Å²) >= 11 is 1.27. The van der Waals surface area contributed by atoms with E-state index in [9.17, 15) is 14.7 Å². The molecule has 1 N–H and O–H groups in total. The fourth-order valence-corrected chi connectivity index (χ4v) is 4.04. The molecule has 0 saturated carbocycles. The van der Waals surface area contributed by atoms with E-state index in [0.29, 0.717) is 16.3 Å². The number of pyridine rings is 1. The number of aliphatic hydroxyl groups is 1. The van der Waals surface area contributed by atoms with Crippen LogP contribution in [0.2, 0.25) is 0 Å². The van der Waals surface area contributed by atoms with Gasteiger partial charge in [-0.05, 0) is 41.3 Å². The fraction of sp³-hybridized carbons (Fsp3) is 0.136. The van der Waals surface area contributed by atoms with Gasteiger partial charge in [0, 0.05) is 12.7 Å². The predicted octanol–water partition coefficient (Wildman–Crippen LogP) is 3.93. The zero-order valence-electron chi connectivity index (χ0n) is 15.6. The third kappa shape index (κ3) is 3.52. The van der Waals surface area contributed by atoms with E-state index in [-0.39, 0.29) is 17.9 Å². The minimum absolute atomic E-state index is 0.0599. The summed E-state index contributed by atoms with van der Waals surface area (Å²) in [6, 6.07) is 15.3. The maximum atomic E-state index is 13.1. The molecule has 4 rings (SSSR count). The van der Waals surface area contributed by atoms with Crippen molar-refractivity contribution in [3.05, 3.63) is 93.6 Å². The Labute approximate surface area is 171 Å². The van der Waals surface area contributed by atoms with E-state index in [0.717, 1.165) is 5.56 Å². The molecule has 0 aliphatic carbocycles. The van der Waals surface area contributed by atoms with Crippen LogP contribution in [0.25, 0.3) is 0 Å². The molecule has 1 aliphatic heterocycles. The summed E-state index contributed by atoms with van der Waals surface area (Å²) < 4.78 is 5.18. The van der Waals surface area contributed by atoms with Gasteiger partial charge in [0.15, 0.2) is 5.76 Å². The molecule has 7 heteroatoms. The average Bonchev–Trinajstić information content (AvgIpc) is 3.38. The zero-order valence-corrected chi connectivity index (χ0v) is 16.4. The van der Waals surface area contributed by atoms with Crippen LogP contribution < -0.4 is 4.74 Å². The Hall–Kier alpha value is -3.45. The maximum Gasteiger partial charge on any atom is 0.290 e. The number of carbonyl (C=O) groups is 2. The summed E-state index contributed by atoms with van der Waals surface area (Å²) in [7, 11) is 1.58. The highest BCUT2D eigenvalue weighted by atomic mass is 32.1. The molecule has 1 unspecified atom stereocenters. The molecule has 1 aromatic carbocycles. The molecule has 3 heterocycles. The lowest BCUT2D eigenvalue weighted by atomic mass is 9.98. The van der Waals surface area contributed by atoms with Crippen molar-refractivity contribution in [3.8, 4) is 5.75 Å². The lowest BCUT2D eigenvalue weighted by molar-refractivity contribution is -0.130. The number of ketones is 1. The van der Waals surface area contributed by atoms with E-state index < -0.39 is 17.7 Å². The van der Waals surface area contributed by atoms with Crippen LogP contribution >= 0.6 is 11.3 Å². The summed E-state index contributed by atoms with van der Waals surface area (Å²) in [5.74, 6) is -0.764. The number of rotatable bonds is 6. The summed E-state index contributed by atoms with van der Waals surface area (Å²) in [6.07, 6.45) is 1.61. The van der Waals surface area contributed by atoms with Gasteiger partial charge < -0.3 is 14.7 Å². The molecular weight excluding hydrogens is 388 g/mol. The van der Waals surface area contributed by atoms with E-state index in [1.165, 1.54) is 16.2 Å². The number of aromatic nitrogens is 1. The highest BCUT2D eigenvalue weighted by Crippen LogP contribution is 2.39.